The first-order valence-corrected chi connectivity index (χ1v) is 12.3. The Bertz CT molecular complexity index is 1100. The fourth-order valence-corrected chi connectivity index (χ4v) is 4.24. The van der Waals surface area contributed by atoms with E-state index in [1.807, 2.05) is 11.5 Å². The van der Waals surface area contributed by atoms with Crippen LogP contribution >= 0.6 is 11.8 Å². The van der Waals surface area contributed by atoms with Crippen LogP contribution in [0.25, 0.3) is 0 Å². The largest absolute Gasteiger partial charge is 0.483 e. The van der Waals surface area contributed by atoms with E-state index in [0.29, 0.717) is 23.4 Å². The number of para-hydroxylation sites is 1. The minimum Gasteiger partial charge on any atom is -0.483 e. The molecule has 0 radical (unpaired) electrons. The maximum atomic E-state index is 13.8. The number of hydrogen-bond donors (Lipinski definition) is 1. The second-order valence-corrected chi connectivity index (χ2v) is 9.38. The van der Waals surface area contributed by atoms with E-state index in [0.717, 1.165) is 12.0 Å². The van der Waals surface area contributed by atoms with Gasteiger partial charge in [0.2, 0.25) is 5.91 Å². The van der Waals surface area contributed by atoms with Gasteiger partial charge in [0.15, 0.2) is 22.5 Å². The van der Waals surface area contributed by atoms with Crippen LogP contribution in [0, 0.1) is 11.7 Å². The summed E-state index contributed by atoms with van der Waals surface area (Å²) in [5, 5.41) is 12.0. The molecule has 3 rings (SSSR count). The van der Waals surface area contributed by atoms with Crippen LogP contribution in [0.1, 0.15) is 43.8 Å². The number of ether oxygens (including phenoxy) is 1. The van der Waals surface area contributed by atoms with E-state index in [-0.39, 0.29) is 30.1 Å². The topological polar surface area (TPSA) is 69.0 Å². The number of halogens is 1. The SMILES string of the molecule is C=CCn1c(COc2ccccc2F)nnc1SCC(=O)NC(C)c1ccc(CC(C)C)cc1. The Morgan fingerprint density at radius 2 is 1.91 bits per heavy atom. The Hall–Kier alpha value is -3.13. The van der Waals surface area contributed by atoms with Crippen LogP contribution in [0.15, 0.2) is 66.3 Å². The third-order valence-electron chi connectivity index (χ3n) is 5.13. The zero-order chi connectivity index (χ0) is 24.5. The van der Waals surface area contributed by atoms with Crippen molar-refractivity contribution in [1.82, 2.24) is 20.1 Å². The minimum absolute atomic E-state index is 0.0539. The molecule has 2 aromatic carbocycles. The molecule has 0 aliphatic heterocycles. The number of carbonyl (C=O) groups excluding carboxylic acids is 1. The molecule has 34 heavy (non-hydrogen) atoms. The number of thioether (sulfide) groups is 1. The Labute approximate surface area is 204 Å². The number of nitrogens with one attached hydrogen (secondary N) is 1. The van der Waals surface area contributed by atoms with Gasteiger partial charge in [-0.15, -0.1) is 16.8 Å². The number of carbonyl (C=O) groups is 1. The summed E-state index contributed by atoms with van der Waals surface area (Å²) >= 11 is 1.29. The summed E-state index contributed by atoms with van der Waals surface area (Å²) in [6.45, 7) is 10.6. The summed E-state index contributed by atoms with van der Waals surface area (Å²) in [6, 6.07) is 14.5. The van der Waals surface area contributed by atoms with Crippen LogP contribution in [-0.4, -0.2) is 26.4 Å². The molecule has 0 bridgehead atoms. The van der Waals surface area contributed by atoms with E-state index in [1.54, 1.807) is 24.3 Å². The molecule has 0 aliphatic rings. The van der Waals surface area contributed by atoms with Crippen molar-refractivity contribution in [2.75, 3.05) is 5.75 Å². The van der Waals surface area contributed by atoms with Crippen molar-refractivity contribution in [3.05, 3.63) is 84.0 Å². The van der Waals surface area contributed by atoms with Crippen molar-refractivity contribution >= 4 is 17.7 Å². The van der Waals surface area contributed by atoms with E-state index < -0.39 is 5.82 Å². The molecule has 1 amide bonds. The van der Waals surface area contributed by atoms with Gasteiger partial charge in [-0.3, -0.25) is 9.36 Å². The number of amides is 1. The molecule has 8 heteroatoms. The number of aromatic nitrogens is 3. The maximum absolute atomic E-state index is 13.8. The molecule has 1 N–H and O–H groups in total. The van der Waals surface area contributed by atoms with E-state index in [1.165, 1.54) is 23.4 Å². The first-order valence-electron chi connectivity index (χ1n) is 11.3. The fraction of sp³-hybridized carbons (Fsp3) is 0.346. The molecule has 180 valence electrons. The highest BCUT2D eigenvalue weighted by molar-refractivity contribution is 7.99. The van der Waals surface area contributed by atoms with Gasteiger partial charge in [0.05, 0.1) is 11.8 Å². The Morgan fingerprint density at radius 1 is 1.18 bits per heavy atom. The van der Waals surface area contributed by atoms with E-state index in [4.69, 9.17) is 4.74 Å². The van der Waals surface area contributed by atoms with Gasteiger partial charge in [0, 0.05) is 6.54 Å². The minimum atomic E-state index is -0.438. The third-order valence-corrected chi connectivity index (χ3v) is 6.10. The van der Waals surface area contributed by atoms with Gasteiger partial charge in [-0.05, 0) is 42.5 Å². The van der Waals surface area contributed by atoms with Gasteiger partial charge in [-0.1, -0.05) is 68.1 Å². The number of benzene rings is 2. The van der Waals surface area contributed by atoms with Gasteiger partial charge in [0.25, 0.3) is 0 Å². The van der Waals surface area contributed by atoms with E-state index in [9.17, 15) is 9.18 Å². The highest BCUT2D eigenvalue weighted by Gasteiger charge is 2.16. The van der Waals surface area contributed by atoms with Crippen molar-refractivity contribution in [2.45, 2.75) is 51.5 Å². The number of rotatable bonds is 12. The summed E-state index contributed by atoms with van der Waals surface area (Å²) in [7, 11) is 0. The molecule has 1 heterocycles. The summed E-state index contributed by atoms with van der Waals surface area (Å²) in [6.07, 6.45) is 2.75. The normalized spacial score (nSPS) is 11.9. The fourth-order valence-electron chi connectivity index (χ4n) is 3.46. The molecule has 1 unspecified atom stereocenters. The second-order valence-electron chi connectivity index (χ2n) is 8.43. The van der Waals surface area contributed by atoms with Crippen molar-refractivity contribution < 1.29 is 13.9 Å². The molecule has 3 aromatic rings. The first kappa shape index (κ1) is 25.5. The second kappa shape index (κ2) is 12.4. The lowest BCUT2D eigenvalue weighted by Crippen LogP contribution is -2.28. The average Bonchev–Trinajstić information content (AvgIpc) is 3.19. The summed E-state index contributed by atoms with van der Waals surface area (Å²) in [5.74, 6) is 0.943. The molecule has 0 aliphatic carbocycles. The van der Waals surface area contributed by atoms with Crippen LogP contribution in [0.3, 0.4) is 0 Å². The van der Waals surface area contributed by atoms with Crippen LogP contribution in [0.5, 0.6) is 5.75 Å². The molecule has 0 saturated carbocycles. The third kappa shape index (κ3) is 7.18. The highest BCUT2D eigenvalue weighted by Crippen LogP contribution is 2.21. The molecular formula is C26H31FN4O2S. The van der Waals surface area contributed by atoms with Crippen molar-refractivity contribution in [3.63, 3.8) is 0 Å². The van der Waals surface area contributed by atoms with E-state index >= 15 is 0 Å². The first-order chi connectivity index (χ1) is 16.4. The summed E-state index contributed by atoms with van der Waals surface area (Å²) in [5.41, 5.74) is 2.36. The predicted molar refractivity (Wildman–Crippen MR) is 133 cm³/mol. The summed E-state index contributed by atoms with van der Waals surface area (Å²) < 4.78 is 21.2. The zero-order valence-electron chi connectivity index (χ0n) is 19.8. The van der Waals surface area contributed by atoms with Gasteiger partial charge in [-0.25, -0.2) is 4.39 Å². The lowest BCUT2D eigenvalue weighted by molar-refractivity contribution is -0.119. The number of hydrogen-bond acceptors (Lipinski definition) is 5. The molecule has 0 fully saturated rings. The smallest absolute Gasteiger partial charge is 0.230 e. The predicted octanol–water partition coefficient (Wildman–Crippen LogP) is 5.35. The zero-order valence-corrected chi connectivity index (χ0v) is 20.6. The lowest BCUT2D eigenvalue weighted by atomic mass is 10.00. The molecule has 1 atom stereocenters. The van der Waals surface area contributed by atoms with Crippen molar-refractivity contribution in [1.29, 1.82) is 0 Å². The monoisotopic (exact) mass is 482 g/mol. The molecule has 1 aromatic heterocycles. The Morgan fingerprint density at radius 3 is 2.59 bits per heavy atom. The summed E-state index contributed by atoms with van der Waals surface area (Å²) in [4.78, 5) is 12.6. The quantitative estimate of drug-likeness (QED) is 0.278. The van der Waals surface area contributed by atoms with Crippen LogP contribution in [-0.2, 0) is 24.4 Å². The van der Waals surface area contributed by atoms with Crippen molar-refractivity contribution in [2.24, 2.45) is 5.92 Å². The lowest BCUT2D eigenvalue weighted by Gasteiger charge is -2.15. The van der Waals surface area contributed by atoms with E-state index in [2.05, 4.69) is 60.2 Å². The molecular weight excluding hydrogens is 451 g/mol. The molecule has 0 saturated heterocycles. The Kier molecular flexibility index (Phi) is 9.27. The highest BCUT2D eigenvalue weighted by atomic mass is 32.2. The number of nitrogens with zero attached hydrogens (tertiary/aromatic N) is 3. The Balaban J connectivity index is 1.56. The maximum Gasteiger partial charge on any atom is 0.230 e. The van der Waals surface area contributed by atoms with Gasteiger partial charge in [0.1, 0.15) is 6.61 Å². The molecule has 6 nitrogen and oxygen atoms in total. The standard InChI is InChI=1S/C26H31FN4O2S/c1-5-14-31-24(16-33-23-9-7-6-8-22(23)27)29-30-26(31)34-17-25(32)28-19(4)21-12-10-20(11-13-21)15-18(2)3/h5-13,18-19H,1,14-17H2,2-4H3,(H,28,32). The average molecular weight is 483 g/mol. The van der Waals surface area contributed by atoms with Gasteiger partial charge >= 0.3 is 0 Å². The number of allylic oxidation sites excluding steroid dienone is 1. The van der Waals surface area contributed by atoms with Crippen LogP contribution < -0.4 is 10.1 Å². The van der Waals surface area contributed by atoms with Gasteiger partial charge in [-0.2, -0.15) is 0 Å². The molecule has 0 spiro atoms. The van der Waals surface area contributed by atoms with Crippen molar-refractivity contribution in [3.8, 4) is 5.75 Å². The van der Waals surface area contributed by atoms with Crippen LogP contribution in [0.2, 0.25) is 0 Å². The van der Waals surface area contributed by atoms with Crippen LogP contribution in [0.4, 0.5) is 4.39 Å². The van der Waals surface area contributed by atoms with Gasteiger partial charge < -0.3 is 10.1 Å².